The molecule has 1 saturated heterocycles. The lowest BCUT2D eigenvalue weighted by Gasteiger charge is -2.63. The molecule has 3 unspecified atom stereocenters. The van der Waals surface area contributed by atoms with Gasteiger partial charge >= 0.3 is 0 Å². The molecule has 1 aliphatic heterocycles. The van der Waals surface area contributed by atoms with Gasteiger partial charge in [-0.05, 0) is 38.3 Å². The first-order valence-electron chi connectivity index (χ1n) is 9.63. The van der Waals surface area contributed by atoms with E-state index < -0.39 is 0 Å². The minimum atomic E-state index is 0. The van der Waals surface area contributed by atoms with Crippen LogP contribution < -0.4 is 20.1 Å². The summed E-state index contributed by atoms with van der Waals surface area (Å²) < 4.78 is 16.8. The van der Waals surface area contributed by atoms with E-state index in [1.165, 1.54) is 19.3 Å². The first kappa shape index (κ1) is 20.5. The third-order valence-corrected chi connectivity index (χ3v) is 6.29. The fraction of sp³-hybridized carbons (Fsp3) is 0.650. The molecule has 0 aromatic heterocycles. The van der Waals surface area contributed by atoms with Crippen molar-refractivity contribution in [1.82, 2.24) is 5.32 Å². The maximum Gasteiger partial charge on any atom is 0.196 e. The first-order valence-corrected chi connectivity index (χ1v) is 9.63. The van der Waals surface area contributed by atoms with Crippen LogP contribution in [-0.4, -0.2) is 45.5 Å². The fourth-order valence-corrected chi connectivity index (χ4v) is 4.93. The van der Waals surface area contributed by atoms with Gasteiger partial charge in [0.2, 0.25) is 0 Å². The summed E-state index contributed by atoms with van der Waals surface area (Å²) in [6, 6.07) is 6.28. The molecule has 6 nitrogen and oxygen atoms in total. The lowest BCUT2D eigenvalue weighted by molar-refractivity contribution is -0.171. The summed E-state index contributed by atoms with van der Waals surface area (Å²) in [4.78, 5) is 4.66. The molecule has 27 heavy (non-hydrogen) atoms. The molecule has 0 amide bonds. The van der Waals surface area contributed by atoms with Gasteiger partial charge in [0.05, 0.1) is 20.3 Å². The van der Waals surface area contributed by atoms with Gasteiger partial charge in [0.1, 0.15) is 0 Å². The number of ether oxygens (including phenoxy) is 3. The molecule has 2 saturated carbocycles. The van der Waals surface area contributed by atoms with Gasteiger partial charge in [-0.2, -0.15) is 0 Å². The Morgan fingerprint density at radius 2 is 2.04 bits per heavy atom. The van der Waals surface area contributed by atoms with Crippen LogP contribution in [0.2, 0.25) is 0 Å². The van der Waals surface area contributed by atoms with E-state index in [9.17, 15) is 0 Å². The van der Waals surface area contributed by atoms with Crippen LogP contribution in [0.1, 0.15) is 32.6 Å². The van der Waals surface area contributed by atoms with Crippen molar-refractivity contribution in [2.75, 3.05) is 32.7 Å². The second-order valence-electron chi connectivity index (χ2n) is 7.47. The first-order chi connectivity index (χ1) is 12.7. The van der Waals surface area contributed by atoms with Crippen molar-refractivity contribution in [3.8, 4) is 11.5 Å². The van der Waals surface area contributed by atoms with Crippen molar-refractivity contribution in [3.05, 3.63) is 18.2 Å². The number of aliphatic imine (C=N–C) groups is 1. The van der Waals surface area contributed by atoms with Crippen LogP contribution in [0.4, 0.5) is 5.69 Å². The minimum absolute atomic E-state index is 0. The van der Waals surface area contributed by atoms with E-state index in [4.69, 9.17) is 14.2 Å². The van der Waals surface area contributed by atoms with Gasteiger partial charge in [-0.3, -0.25) is 4.99 Å². The standard InChI is InChI=1S/C20H29N3O3.HI/c1-4-21-19(22-13-6-7-15(24-2)16(12-13)25-3)23-17-14-8-11-26-18(14)20(17)9-5-10-20;/h6-7,12,14,17-18H,4-5,8-11H2,1-3H3,(H2,21,22,23);1H. The van der Waals surface area contributed by atoms with Crippen LogP contribution in [-0.2, 0) is 4.74 Å². The number of anilines is 1. The second kappa shape index (κ2) is 8.43. The molecule has 2 N–H and O–H groups in total. The molecular weight excluding hydrogens is 457 g/mol. The summed E-state index contributed by atoms with van der Waals surface area (Å²) in [5.41, 5.74) is 1.26. The molecule has 0 radical (unpaired) electrons. The molecule has 7 heteroatoms. The number of rotatable bonds is 5. The van der Waals surface area contributed by atoms with E-state index in [2.05, 4.69) is 22.5 Å². The van der Waals surface area contributed by atoms with Gasteiger partial charge in [-0.1, -0.05) is 6.42 Å². The highest BCUT2D eigenvalue weighted by Gasteiger charge is 2.66. The summed E-state index contributed by atoms with van der Waals surface area (Å²) in [6.07, 6.45) is 5.45. The summed E-state index contributed by atoms with van der Waals surface area (Å²) in [5.74, 6) is 2.88. The lowest BCUT2D eigenvalue weighted by Crippen LogP contribution is -2.72. The molecule has 3 atom stereocenters. The van der Waals surface area contributed by atoms with Crippen molar-refractivity contribution in [1.29, 1.82) is 0 Å². The number of halogens is 1. The number of fused-ring (bicyclic) bond motifs is 2. The number of methoxy groups -OCH3 is 2. The van der Waals surface area contributed by atoms with Crippen LogP contribution in [0.25, 0.3) is 0 Å². The Hall–Kier alpha value is -1.22. The van der Waals surface area contributed by atoms with Gasteiger partial charge in [0, 0.05) is 42.3 Å². The number of benzene rings is 1. The van der Waals surface area contributed by atoms with Crippen molar-refractivity contribution in [3.63, 3.8) is 0 Å². The average molecular weight is 487 g/mol. The van der Waals surface area contributed by atoms with E-state index in [0.717, 1.165) is 37.0 Å². The molecule has 3 fully saturated rings. The van der Waals surface area contributed by atoms with Crippen molar-refractivity contribution < 1.29 is 14.2 Å². The van der Waals surface area contributed by atoms with Crippen molar-refractivity contribution in [2.45, 2.75) is 44.8 Å². The smallest absolute Gasteiger partial charge is 0.196 e. The van der Waals surface area contributed by atoms with E-state index in [0.29, 0.717) is 29.2 Å². The maximum absolute atomic E-state index is 6.02. The second-order valence-corrected chi connectivity index (χ2v) is 7.47. The van der Waals surface area contributed by atoms with Crippen molar-refractivity contribution in [2.24, 2.45) is 16.3 Å². The van der Waals surface area contributed by atoms with Gasteiger partial charge < -0.3 is 24.8 Å². The molecule has 1 spiro atoms. The van der Waals surface area contributed by atoms with Gasteiger partial charge in [0.25, 0.3) is 0 Å². The molecule has 0 bridgehead atoms. The topological polar surface area (TPSA) is 64.1 Å². The van der Waals surface area contributed by atoms with E-state index in [-0.39, 0.29) is 24.0 Å². The quantitative estimate of drug-likeness (QED) is 0.377. The Labute approximate surface area is 178 Å². The Bertz CT molecular complexity index is 693. The number of hydrogen-bond donors (Lipinski definition) is 2. The van der Waals surface area contributed by atoms with Gasteiger partial charge in [-0.15, -0.1) is 24.0 Å². The van der Waals surface area contributed by atoms with Crippen LogP contribution in [0, 0.1) is 11.3 Å². The number of nitrogens with one attached hydrogen (secondary N) is 2. The number of nitrogens with zero attached hydrogens (tertiary/aromatic N) is 1. The third-order valence-electron chi connectivity index (χ3n) is 6.29. The number of guanidine groups is 1. The molecule has 1 aromatic rings. The Morgan fingerprint density at radius 3 is 2.67 bits per heavy atom. The monoisotopic (exact) mass is 487 g/mol. The largest absolute Gasteiger partial charge is 0.493 e. The van der Waals surface area contributed by atoms with Crippen LogP contribution in [0.5, 0.6) is 11.5 Å². The molecular formula is C20H30IN3O3. The highest BCUT2D eigenvalue weighted by atomic mass is 127. The fourth-order valence-electron chi connectivity index (χ4n) is 4.93. The molecule has 4 rings (SSSR count). The normalized spacial score (nSPS) is 27.7. The number of hydrogen-bond acceptors (Lipinski definition) is 4. The molecule has 1 aromatic carbocycles. The third kappa shape index (κ3) is 3.48. The van der Waals surface area contributed by atoms with Gasteiger partial charge in [-0.25, -0.2) is 0 Å². The molecule has 1 heterocycles. The Balaban J connectivity index is 0.00000210. The van der Waals surface area contributed by atoms with E-state index >= 15 is 0 Å². The lowest BCUT2D eigenvalue weighted by atomic mass is 9.46. The Kier molecular flexibility index (Phi) is 6.40. The average Bonchev–Trinajstić information content (AvgIpc) is 3.03. The highest BCUT2D eigenvalue weighted by Crippen LogP contribution is 2.62. The summed E-state index contributed by atoms with van der Waals surface area (Å²) in [7, 11) is 3.29. The van der Waals surface area contributed by atoms with Crippen LogP contribution in [0.3, 0.4) is 0 Å². The molecule has 150 valence electrons. The predicted octanol–water partition coefficient (Wildman–Crippen LogP) is 3.66. The maximum atomic E-state index is 6.02. The summed E-state index contributed by atoms with van der Waals surface area (Å²) in [5, 5.41) is 7.15. The summed E-state index contributed by atoms with van der Waals surface area (Å²) in [6.45, 7) is 3.69. The van der Waals surface area contributed by atoms with Crippen LogP contribution >= 0.6 is 24.0 Å². The van der Waals surface area contributed by atoms with Crippen molar-refractivity contribution >= 4 is 35.6 Å². The van der Waals surface area contributed by atoms with E-state index in [1.807, 2.05) is 18.2 Å². The molecule has 3 aliphatic rings. The van der Waals surface area contributed by atoms with Crippen LogP contribution in [0.15, 0.2) is 23.2 Å². The molecule has 2 aliphatic carbocycles. The van der Waals surface area contributed by atoms with E-state index in [1.54, 1.807) is 14.2 Å². The SMILES string of the molecule is CCN=C(Nc1ccc(OC)c(OC)c1)NC1C2CCOC2C12CCC2.I. The predicted molar refractivity (Wildman–Crippen MR) is 118 cm³/mol. The zero-order chi connectivity index (χ0) is 18.1. The Morgan fingerprint density at radius 1 is 1.26 bits per heavy atom. The zero-order valence-corrected chi connectivity index (χ0v) is 18.6. The summed E-state index contributed by atoms with van der Waals surface area (Å²) >= 11 is 0. The van der Waals surface area contributed by atoms with Gasteiger partial charge in [0.15, 0.2) is 17.5 Å². The minimum Gasteiger partial charge on any atom is -0.493 e. The highest BCUT2D eigenvalue weighted by molar-refractivity contribution is 14.0. The zero-order valence-electron chi connectivity index (χ0n) is 16.3.